The van der Waals surface area contributed by atoms with Crippen molar-refractivity contribution in [3.63, 3.8) is 0 Å². The molecule has 2 rings (SSSR count). The van der Waals surface area contributed by atoms with Gasteiger partial charge in [0, 0.05) is 24.3 Å². The molecule has 1 heterocycles. The maximum Gasteiger partial charge on any atom is 0.0521 e. The molecule has 0 aliphatic heterocycles. The van der Waals surface area contributed by atoms with Crippen LogP contribution in [0.2, 0.25) is 5.02 Å². The molecule has 0 saturated carbocycles. The van der Waals surface area contributed by atoms with Crippen LogP contribution >= 0.6 is 11.6 Å². The third-order valence-corrected chi connectivity index (χ3v) is 3.69. The smallest absolute Gasteiger partial charge is 0.0521 e. The van der Waals surface area contributed by atoms with Crippen molar-refractivity contribution in [3.8, 4) is 0 Å². The highest BCUT2D eigenvalue weighted by atomic mass is 35.5. The van der Waals surface area contributed by atoms with Gasteiger partial charge in [-0.25, -0.2) is 0 Å². The van der Waals surface area contributed by atoms with Gasteiger partial charge in [0.15, 0.2) is 0 Å². The lowest BCUT2D eigenvalue weighted by molar-refractivity contribution is 0.516. The molecule has 0 aliphatic carbocycles. The molecule has 0 aliphatic rings. The molecule has 0 bridgehead atoms. The van der Waals surface area contributed by atoms with Crippen LogP contribution in [0.5, 0.6) is 0 Å². The van der Waals surface area contributed by atoms with Crippen molar-refractivity contribution in [1.29, 1.82) is 0 Å². The zero-order chi connectivity index (χ0) is 13.8. The molecule has 0 radical (unpaired) electrons. The van der Waals surface area contributed by atoms with Crippen LogP contribution in [-0.4, -0.2) is 9.78 Å². The Bertz CT molecular complexity index is 550. The van der Waals surface area contributed by atoms with Crippen molar-refractivity contribution in [2.24, 2.45) is 12.9 Å². The molecule has 0 saturated heterocycles. The highest BCUT2D eigenvalue weighted by molar-refractivity contribution is 6.31. The van der Waals surface area contributed by atoms with Gasteiger partial charge in [0.1, 0.15) is 0 Å². The van der Waals surface area contributed by atoms with Gasteiger partial charge in [-0.2, -0.15) is 5.10 Å². The number of hydrazine groups is 1. The van der Waals surface area contributed by atoms with Gasteiger partial charge in [-0.15, -0.1) is 0 Å². The summed E-state index contributed by atoms with van der Waals surface area (Å²) in [6.07, 6.45) is 5.74. The Morgan fingerprint density at radius 3 is 2.84 bits per heavy atom. The van der Waals surface area contributed by atoms with Crippen LogP contribution in [0.25, 0.3) is 0 Å². The first-order chi connectivity index (χ1) is 9.10. The molecular formula is C14H19ClN4. The van der Waals surface area contributed by atoms with Gasteiger partial charge in [0.2, 0.25) is 0 Å². The second-order valence-electron chi connectivity index (χ2n) is 4.79. The van der Waals surface area contributed by atoms with Gasteiger partial charge in [0.05, 0.1) is 6.20 Å². The minimum atomic E-state index is 0.0957. The van der Waals surface area contributed by atoms with E-state index in [9.17, 15) is 0 Å². The second-order valence-corrected chi connectivity index (χ2v) is 5.20. The Morgan fingerprint density at radius 2 is 2.26 bits per heavy atom. The molecule has 2 aromatic rings. The fourth-order valence-electron chi connectivity index (χ4n) is 2.08. The second kappa shape index (κ2) is 6.19. The summed E-state index contributed by atoms with van der Waals surface area (Å²) in [5, 5.41) is 4.94. The molecular weight excluding hydrogens is 260 g/mol. The Balaban J connectivity index is 2.05. The minimum Gasteiger partial charge on any atom is -0.276 e. The summed E-state index contributed by atoms with van der Waals surface area (Å²) >= 11 is 6.15. The standard InChI is InChI=1S/C14H19ClN4/c1-10-3-5-12(7-13(10)15)14(18-16)6-4-11-8-17-19(2)9-11/h3,5,7-9,14,18H,4,6,16H2,1-2H3. The highest BCUT2D eigenvalue weighted by Gasteiger charge is 2.11. The zero-order valence-electron chi connectivity index (χ0n) is 11.2. The summed E-state index contributed by atoms with van der Waals surface area (Å²) in [5.41, 5.74) is 6.26. The molecule has 5 heteroatoms. The first-order valence-electron chi connectivity index (χ1n) is 6.30. The summed E-state index contributed by atoms with van der Waals surface area (Å²) in [5.74, 6) is 5.65. The van der Waals surface area contributed by atoms with Crippen LogP contribution in [0.15, 0.2) is 30.6 Å². The van der Waals surface area contributed by atoms with Crippen LogP contribution in [0.4, 0.5) is 0 Å². The van der Waals surface area contributed by atoms with Crippen LogP contribution in [0.3, 0.4) is 0 Å². The lowest BCUT2D eigenvalue weighted by Crippen LogP contribution is -2.28. The van der Waals surface area contributed by atoms with Crippen molar-refractivity contribution in [3.05, 3.63) is 52.3 Å². The lowest BCUT2D eigenvalue weighted by Gasteiger charge is -2.16. The summed E-state index contributed by atoms with van der Waals surface area (Å²) in [6.45, 7) is 1.99. The number of rotatable bonds is 5. The molecule has 0 amide bonds. The van der Waals surface area contributed by atoms with E-state index < -0.39 is 0 Å². The first-order valence-corrected chi connectivity index (χ1v) is 6.67. The maximum absolute atomic E-state index is 6.15. The van der Waals surface area contributed by atoms with Crippen molar-refractivity contribution < 1.29 is 0 Å². The number of halogens is 1. The predicted octanol–water partition coefficient (Wildman–Crippen LogP) is 2.52. The highest BCUT2D eigenvalue weighted by Crippen LogP contribution is 2.24. The Labute approximate surface area is 118 Å². The Morgan fingerprint density at radius 1 is 1.47 bits per heavy atom. The molecule has 4 nitrogen and oxygen atoms in total. The van der Waals surface area contributed by atoms with E-state index in [1.54, 1.807) is 0 Å². The van der Waals surface area contributed by atoms with Crippen molar-refractivity contribution >= 4 is 11.6 Å². The summed E-state index contributed by atoms with van der Waals surface area (Å²) in [7, 11) is 1.92. The number of aryl methyl sites for hydroxylation is 3. The van der Waals surface area contributed by atoms with Gasteiger partial charge < -0.3 is 0 Å². The summed E-state index contributed by atoms with van der Waals surface area (Å²) < 4.78 is 1.81. The van der Waals surface area contributed by atoms with Crippen molar-refractivity contribution in [1.82, 2.24) is 15.2 Å². The molecule has 3 N–H and O–H groups in total. The van der Waals surface area contributed by atoms with E-state index in [2.05, 4.69) is 16.6 Å². The maximum atomic E-state index is 6.15. The number of hydrogen-bond acceptors (Lipinski definition) is 3. The van der Waals surface area contributed by atoms with Gasteiger partial charge in [-0.3, -0.25) is 16.0 Å². The normalized spacial score (nSPS) is 12.6. The van der Waals surface area contributed by atoms with E-state index >= 15 is 0 Å². The van der Waals surface area contributed by atoms with Crippen LogP contribution in [0.1, 0.15) is 29.2 Å². The van der Waals surface area contributed by atoms with E-state index in [4.69, 9.17) is 17.4 Å². The SMILES string of the molecule is Cc1ccc(C(CCc2cnn(C)c2)NN)cc1Cl. The van der Waals surface area contributed by atoms with Gasteiger partial charge in [-0.1, -0.05) is 23.7 Å². The fourth-order valence-corrected chi connectivity index (χ4v) is 2.27. The molecule has 0 fully saturated rings. The molecule has 102 valence electrons. The molecule has 1 unspecified atom stereocenters. The van der Waals surface area contributed by atoms with E-state index in [0.29, 0.717) is 0 Å². The van der Waals surface area contributed by atoms with E-state index in [0.717, 1.165) is 29.0 Å². The summed E-state index contributed by atoms with van der Waals surface area (Å²) in [6, 6.07) is 6.16. The minimum absolute atomic E-state index is 0.0957. The van der Waals surface area contributed by atoms with Crippen molar-refractivity contribution in [2.75, 3.05) is 0 Å². The molecule has 0 spiro atoms. The monoisotopic (exact) mass is 278 g/mol. The largest absolute Gasteiger partial charge is 0.276 e. The Hall–Kier alpha value is -1.36. The number of hydrogen-bond donors (Lipinski definition) is 2. The number of aromatic nitrogens is 2. The number of nitrogens with one attached hydrogen (secondary N) is 1. The Kier molecular flexibility index (Phi) is 4.58. The molecule has 19 heavy (non-hydrogen) atoms. The van der Waals surface area contributed by atoms with E-state index in [-0.39, 0.29) is 6.04 Å². The third kappa shape index (κ3) is 3.56. The third-order valence-electron chi connectivity index (χ3n) is 3.28. The molecule has 1 aromatic carbocycles. The average Bonchev–Trinajstić information content (AvgIpc) is 2.80. The summed E-state index contributed by atoms with van der Waals surface area (Å²) in [4.78, 5) is 0. The van der Waals surface area contributed by atoms with Gasteiger partial charge >= 0.3 is 0 Å². The quantitative estimate of drug-likeness (QED) is 0.653. The van der Waals surface area contributed by atoms with Gasteiger partial charge in [-0.05, 0) is 42.5 Å². The van der Waals surface area contributed by atoms with Crippen LogP contribution in [-0.2, 0) is 13.5 Å². The number of nitrogens with two attached hydrogens (primary N) is 1. The van der Waals surface area contributed by atoms with Crippen molar-refractivity contribution in [2.45, 2.75) is 25.8 Å². The van der Waals surface area contributed by atoms with Crippen LogP contribution in [0, 0.1) is 6.92 Å². The number of benzene rings is 1. The average molecular weight is 279 g/mol. The zero-order valence-corrected chi connectivity index (χ0v) is 12.0. The predicted molar refractivity (Wildman–Crippen MR) is 77.8 cm³/mol. The lowest BCUT2D eigenvalue weighted by atomic mass is 10.00. The van der Waals surface area contributed by atoms with Gasteiger partial charge in [0.25, 0.3) is 0 Å². The van der Waals surface area contributed by atoms with Crippen LogP contribution < -0.4 is 11.3 Å². The van der Waals surface area contributed by atoms with E-state index in [1.165, 1.54) is 5.56 Å². The first kappa shape index (κ1) is 14.1. The van der Waals surface area contributed by atoms with E-state index in [1.807, 2.05) is 43.2 Å². The molecule has 1 aromatic heterocycles. The molecule has 1 atom stereocenters. The topological polar surface area (TPSA) is 55.9 Å². The number of nitrogens with zero attached hydrogens (tertiary/aromatic N) is 2. The fraction of sp³-hybridized carbons (Fsp3) is 0.357.